The zero-order valence-corrected chi connectivity index (χ0v) is 14.9. The molecule has 1 saturated heterocycles. The summed E-state index contributed by atoms with van der Waals surface area (Å²) < 4.78 is 5.14. The molecule has 1 aromatic heterocycles. The first-order valence-corrected chi connectivity index (χ1v) is 8.98. The fourth-order valence-electron chi connectivity index (χ4n) is 3.28. The van der Waals surface area contributed by atoms with Gasteiger partial charge in [0.15, 0.2) is 5.76 Å². The number of nitrogens with one attached hydrogen (secondary N) is 1. The topological polar surface area (TPSA) is 99.9 Å². The van der Waals surface area contributed by atoms with Crippen LogP contribution in [0.4, 0.5) is 0 Å². The van der Waals surface area contributed by atoms with E-state index in [1.807, 2.05) is 0 Å². The zero-order chi connectivity index (χ0) is 19.2. The summed E-state index contributed by atoms with van der Waals surface area (Å²) in [4.78, 5) is 37.4. The molecule has 0 saturated carbocycles. The van der Waals surface area contributed by atoms with E-state index in [-0.39, 0.29) is 29.8 Å². The number of carbonyl (C=O) groups excluding carboxylic acids is 2. The van der Waals surface area contributed by atoms with Gasteiger partial charge >= 0.3 is 5.97 Å². The monoisotopic (exact) mass is 370 g/mol. The molecule has 142 valence electrons. The van der Waals surface area contributed by atoms with Crippen molar-refractivity contribution in [2.75, 3.05) is 13.1 Å². The summed E-state index contributed by atoms with van der Waals surface area (Å²) in [5, 5.41) is 12.2. The quantitative estimate of drug-likeness (QED) is 0.813. The molecule has 1 aliphatic rings. The molecule has 7 nitrogen and oxygen atoms in total. The van der Waals surface area contributed by atoms with Gasteiger partial charge < -0.3 is 19.7 Å². The molecule has 2 amide bonds. The Labute approximate surface area is 157 Å². The molecule has 0 aliphatic carbocycles. The number of benzene rings is 1. The van der Waals surface area contributed by atoms with Crippen LogP contribution >= 0.6 is 0 Å². The van der Waals surface area contributed by atoms with Gasteiger partial charge in [-0.3, -0.25) is 9.59 Å². The number of likely N-dealkylation sites (tertiary alicyclic amines) is 1. The molecule has 2 N–H and O–H groups in total. The van der Waals surface area contributed by atoms with Gasteiger partial charge in [0.05, 0.1) is 11.8 Å². The Kier molecular flexibility index (Phi) is 5.90. The summed E-state index contributed by atoms with van der Waals surface area (Å²) in [7, 11) is 0. The van der Waals surface area contributed by atoms with E-state index in [1.165, 1.54) is 6.26 Å². The molecule has 0 spiro atoms. The first kappa shape index (κ1) is 18.7. The lowest BCUT2D eigenvalue weighted by molar-refractivity contribution is -0.122. The lowest BCUT2D eigenvalue weighted by Crippen LogP contribution is -2.46. The molecule has 0 bridgehead atoms. The van der Waals surface area contributed by atoms with Crippen LogP contribution in [0.3, 0.4) is 0 Å². The molecular formula is C20H22N2O5. The van der Waals surface area contributed by atoms with Crippen LogP contribution in [0.15, 0.2) is 47.1 Å². The number of hydrogen-bond acceptors (Lipinski definition) is 4. The number of aryl methyl sites for hydroxylation is 1. The number of furan rings is 1. The number of nitrogens with zero attached hydrogens (tertiary/aromatic N) is 1. The van der Waals surface area contributed by atoms with E-state index in [4.69, 9.17) is 4.42 Å². The Bertz CT molecular complexity index is 808. The van der Waals surface area contributed by atoms with Crippen molar-refractivity contribution in [3.8, 4) is 0 Å². The molecule has 1 aliphatic heterocycles. The van der Waals surface area contributed by atoms with Crippen LogP contribution in [0.5, 0.6) is 0 Å². The number of aromatic carboxylic acids is 1. The molecule has 3 rings (SSSR count). The van der Waals surface area contributed by atoms with Crippen molar-refractivity contribution in [2.45, 2.75) is 31.7 Å². The summed E-state index contributed by atoms with van der Waals surface area (Å²) in [6, 6.07) is 10.1. The van der Waals surface area contributed by atoms with Crippen LogP contribution in [0, 0.1) is 0 Å². The van der Waals surface area contributed by atoms with Crippen molar-refractivity contribution in [3.05, 3.63) is 59.5 Å². The molecule has 2 heterocycles. The maximum atomic E-state index is 12.2. The smallest absolute Gasteiger partial charge is 0.335 e. The highest BCUT2D eigenvalue weighted by atomic mass is 16.4. The van der Waals surface area contributed by atoms with E-state index in [2.05, 4.69) is 5.32 Å². The number of rotatable bonds is 6. The molecule has 7 heteroatoms. The Balaban J connectivity index is 1.45. The average Bonchev–Trinajstić information content (AvgIpc) is 3.21. The van der Waals surface area contributed by atoms with Crippen LogP contribution in [0.2, 0.25) is 0 Å². The van der Waals surface area contributed by atoms with E-state index in [9.17, 15) is 19.5 Å². The average molecular weight is 370 g/mol. The lowest BCUT2D eigenvalue weighted by atomic mass is 10.0. The van der Waals surface area contributed by atoms with Crippen LogP contribution in [-0.2, 0) is 11.2 Å². The molecule has 0 atom stereocenters. The van der Waals surface area contributed by atoms with Crippen molar-refractivity contribution in [2.24, 2.45) is 0 Å². The van der Waals surface area contributed by atoms with Crippen LogP contribution in [0.25, 0.3) is 0 Å². The zero-order valence-electron chi connectivity index (χ0n) is 14.9. The highest BCUT2D eigenvalue weighted by Crippen LogP contribution is 2.15. The third kappa shape index (κ3) is 4.75. The van der Waals surface area contributed by atoms with Crippen LogP contribution in [-0.4, -0.2) is 46.9 Å². The number of amides is 2. The second-order valence-electron chi connectivity index (χ2n) is 6.57. The number of carbonyl (C=O) groups is 3. The maximum Gasteiger partial charge on any atom is 0.335 e. The fourth-order valence-corrected chi connectivity index (χ4v) is 3.28. The van der Waals surface area contributed by atoms with Gasteiger partial charge in [0.2, 0.25) is 5.91 Å². The standard InChI is InChI=1S/C20H22N2O5/c23-18(8-7-14-4-1-2-5-16(14)20(25)26)21-15-9-11-22(12-10-15)19(24)17-6-3-13-27-17/h1-6,13,15H,7-12H2,(H,21,23)(H,25,26). The normalized spacial score (nSPS) is 14.7. The van der Waals surface area contributed by atoms with Crippen molar-refractivity contribution in [1.82, 2.24) is 10.2 Å². The van der Waals surface area contributed by atoms with E-state index >= 15 is 0 Å². The molecule has 27 heavy (non-hydrogen) atoms. The summed E-state index contributed by atoms with van der Waals surface area (Å²) in [5.41, 5.74) is 0.883. The highest BCUT2D eigenvalue weighted by molar-refractivity contribution is 5.91. The third-order valence-corrected chi connectivity index (χ3v) is 4.75. The van der Waals surface area contributed by atoms with Crippen molar-refractivity contribution in [3.63, 3.8) is 0 Å². The van der Waals surface area contributed by atoms with E-state index in [0.717, 1.165) is 0 Å². The van der Waals surface area contributed by atoms with Gasteiger partial charge in [-0.05, 0) is 43.0 Å². The maximum absolute atomic E-state index is 12.2. The second kappa shape index (κ2) is 8.53. The minimum atomic E-state index is -0.986. The van der Waals surface area contributed by atoms with Gasteiger partial charge in [0, 0.05) is 25.6 Å². The van der Waals surface area contributed by atoms with Crippen LogP contribution < -0.4 is 5.32 Å². The Morgan fingerprint density at radius 3 is 2.52 bits per heavy atom. The Hall–Kier alpha value is -3.09. The minimum Gasteiger partial charge on any atom is -0.478 e. The number of carboxylic acid groups (broad SMARTS) is 1. The number of piperidine rings is 1. The molecule has 0 unspecified atom stereocenters. The first-order valence-electron chi connectivity index (χ1n) is 8.98. The summed E-state index contributed by atoms with van der Waals surface area (Å²) in [6.07, 6.45) is 3.45. The fraction of sp³-hybridized carbons (Fsp3) is 0.350. The number of hydrogen-bond donors (Lipinski definition) is 2. The Morgan fingerprint density at radius 2 is 1.85 bits per heavy atom. The molecule has 0 radical (unpaired) electrons. The SMILES string of the molecule is O=C(CCc1ccccc1C(=O)O)NC1CCN(C(=O)c2ccco2)CC1. The largest absolute Gasteiger partial charge is 0.478 e. The Morgan fingerprint density at radius 1 is 1.11 bits per heavy atom. The van der Waals surface area contributed by atoms with Gasteiger partial charge in [-0.1, -0.05) is 18.2 Å². The van der Waals surface area contributed by atoms with Crippen LogP contribution in [0.1, 0.15) is 45.7 Å². The minimum absolute atomic E-state index is 0.0212. The predicted octanol–water partition coefficient (Wildman–Crippen LogP) is 2.33. The summed E-state index contributed by atoms with van der Waals surface area (Å²) in [6.45, 7) is 1.12. The highest BCUT2D eigenvalue weighted by Gasteiger charge is 2.25. The molecule has 1 aromatic carbocycles. The van der Waals surface area contributed by atoms with Crippen molar-refractivity contribution < 1.29 is 23.9 Å². The molecule has 1 fully saturated rings. The van der Waals surface area contributed by atoms with Gasteiger partial charge in [-0.15, -0.1) is 0 Å². The lowest BCUT2D eigenvalue weighted by Gasteiger charge is -2.31. The van der Waals surface area contributed by atoms with E-state index in [0.29, 0.717) is 43.7 Å². The van der Waals surface area contributed by atoms with Gasteiger partial charge in [0.1, 0.15) is 0 Å². The van der Waals surface area contributed by atoms with Crippen molar-refractivity contribution >= 4 is 17.8 Å². The van der Waals surface area contributed by atoms with Gasteiger partial charge in [-0.25, -0.2) is 4.79 Å². The van der Waals surface area contributed by atoms with Gasteiger partial charge in [-0.2, -0.15) is 0 Å². The first-order chi connectivity index (χ1) is 13.0. The number of carboxylic acids is 1. The second-order valence-corrected chi connectivity index (χ2v) is 6.57. The van der Waals surface area contributed by atoms with E-state index < -0.39 is 5.97 Å². The third-order valence-electron chi connectivity index (χ3n) is 4.75. The molecular weight excluding hydrogens is 348 g/mol. The molecule has 2 aromatic rings. The van der Waals surface area contributed by atoms with E-state index in [1.54, 1.807) is 41.3 Å². The van der Waals surface area contributed by atoms with Crippen molar-refractivity contribution in [1.29, 1.82) is 0 Å². The summed E-state index contributed by atoms with van der Waals surface area (Å²) >= 11 is 0. The van der Waals surface area contributed by atoms with Gasteiger partial charge in [0.25, 0.3) is 5.91 Å². The summed E-state index contributed by atoms with van der Waals surface area (Å²) in [5.74, 6) is -0.893. The predicted molar refractivity (Wildman–Crippen MR) is 97.5 cm³/mol.